The number of carbonyl (C=O) groups is 1. The summed E-state index contributed by atoms with van der Waals surface area (Å²) in [4.78, 5) is 15.6. The SMILES string of the molecule is COC(=O)[C@](C)(c1nc(C)no1)C(C#N)C#N. The van der Waals surface area contributed by atoms with Gasteiger partial charge in [-0.15, -0.1) is 0 Å². The third-order valence-electron chi connectivity index (χ3n) is 2.42. The first kappa shape index (κ1) is 12.7. The van der Waals surface area contributed by atoms with Crippen LogP contribution in [0, 0.1) is 35.5 Å². The quantitative estimate of drug-likeness (QED) is 0.698. The lowest BCUT2D eigenvalue weighted by Gasteiger charge is -2.22. The second kappa shape index (κ2) is 4.62. The molecule has 0 saturated carbocycles. The normalized spacial score (nSPS) is 13.5. The van der Waals surface area contributed by atoms with Gasteiger partial charge >= 0.3 is 5.97 Å². The monoisotopic (exact) mass is 234 g/mol. The van der Waals surface area contributed by atoms with Crippen molar-refractivity contribution in [3.63, 3.8) is 0 Å². The predicted octanol–water partition coefficient (Wildman–Crippen LogP) is 0.472. The van der Waals surface area contributed by atoms with E-state index in [9.17, 15) is 4.79 Å². The Morgan fingerprint density at radius 3 is 2.47 bits per heavy atom. The largest absolute Gasteiger partial charge is 0.468 e. The Morgan fingerprint density at radius 1 is 1.53 bits per heavy atom. The Hall–Kier alpha value is -2.41. The van der Waals surface area contributed by atoms with Crippen molar-refractivity contribution < 1.29 is 14.1 Å². The smallest absolute Gasteiger partial charge is 0.323 e. The van der Waals surface area contributed by atoms with E-state index in [1.54, 1.807) is 19.1 Å². The van der Waals surface area contributed by atoms with E-state index in [4.69, 9.17) is 15.0 Å². The van der Waals surface area contributed by atoms with E-state index in [0.717, 1.165) is 7.11 Å². The van der Waals surface area contributed by atoms with Crippen molar-refractivity contribution in [1.29, 1.82) is 10.5 Å². The summed E-state index contributed by atoms with van der Waals surface area (Å²) in [6.45, 7) is 2.93. The summed E-state index contributed by atoms with van der Waals surface area (Å²) in [5, 5.41) is 21.3. The van der Waals surface area contributed by atoms with E-state index in [1.807, 2.05) is 0 Å². The highest BCUT2D eigenvalue weighted by atomic mass is 16.5. The fraction of sp³-hybridized carbons (Fsp3) is 0.500. The lowest BCUT2D eigenvalue weighted by Crippen LogP contribution is -2.40. The molecule has 7 heteroatoms. The Kier molecular flexibility index (Phi) is 3.44. The molecule has 1 aromatic heterocycles. The number of nitrogens with zero attached hydrogens (tertiary/aromatic N) is 4. The summed E-state index contributed by atoms with van der Waals surface area (Å²) in [5.74, 6) is -1.83. The Morgan fingerprint density at radius 2 is 2.12 bits per heavy atom. The number of nitriles is 2. The summed E-state index contributed by atoms with van der Waals surface area (Å²) in [6, 6.07) is 3.45. The molecule has 0 spiro atoms. The van der Waals surface area contributed by atoms with Gasteiger partial charge in [0.25, 0.3) is 0 Å². The molecule has 0 aromatic carbocycles. The van der Waals surface area contributed by atoms with Gasteiger partial charge in [-0.1, -0.05) is 5.16 Å². The summed E-state index contributed by atoms with van der Waals surface area (Å²) in [7, 11) is 1.16. The number of rotatable bonds is 3. The summed E-state index contributed by atoms with van der Waals surface area (Å²) >= 11 is 0. The predicted molar refractivity (Wildman–Crippen MR) is 53.1 cm³/mol. The molecule has 0 aliphatic carbocycles. The number of aromatic nitrogens is 2. The standard InChI is InChI=1S/C10H10N4O3/c1-6-13-8(17-14-6)10(2,9(15)16-3)7(4-11)5-12/h7H,1-3H3/t10-/m0/s1. The number of hydrogen-bond acceptors (Lipinski definition) is 7. The van der Waals surface area contributed by atoms with Crippen molar-refractivity contribution in [2.45, 2.75) is 19.3 Å². The van der Waals surface area contributed by atoms with Gasteiger partial charge < -0.3 is 9.26 Å². The zero-order valence-electron chi connectivity index (χ0n) is 9.59. The molecule has 0 fully saturated rings. The average molecular weight is 234 g/mol. The lowest BCUT2D eigenvalue weighted by molar-refractivity contribution is -0.148. The second-order valence-electron chi connectivity index (χ2n) is 3.53. The van der Waals surface area contributed by atoms with E-state index >= 15 is 0 Å². The van der Waals surface area contributed by atoms with Crippen molar-refractivity contribution in [1.82, 2.24) is 10.1 Å². The highest BCUT2D eigenvalue weighted by Crippen LogP contribution is 2.32. The van der Waals surface area contributed by atoms with Crippen LogP contribution in [0.3, 0.4) is 0 Å². The van der Waals surface area contributed by atoms with E-state index in [-0.39, 0.29) is 5.89 Å². The number of ether oxygens (including phenoxy) is 1. The van der Waals surface area contributed by atoms with Crippen LogP contribution in [0.2, 0.25) is 0 Å². The zero-order chi connectivity index (χ0) is 13.1. The van der Waals surface area contributed by atoms with Crippen molar-refractivity contribution in [3.05, 3.63) is 11.7 Å². The van der Waals surface area contributed by atoms with Gasteiger partial charge in [0.15, 0.2) is 17.2 Å². The maximum Gasteiger partial charge on any atom is 0.323 e. The van der Waals surface area contributed by atoms with Crippen LogP contribution >= 0.6 is 0 Å². The van der Waals surface area contributed by atoms with Crippen LogP contribution in [0.4, 0.5) is 0 Å². The van der Waals surface area contributed by atoms with Gasteiger partial charge in [0.05, 0.1) is 19.2 Å². The summed E-state index contributed by atoms with van der Waals surface area (Å²) in [5.41, 5.74) is -1.58. The van der Waals surface area contributed by atoms with E-state index in [2.05, 4.69) is 14.9 Å². The van der Waals surface area contributed by atoms with E-state index in [0.29, 0.717) is 5.82 Å². The van der Waals surface area contributed by atoms with Gasteiger partial charge in [-0.05, 0) is 13.8 Å². The van der Waals surface area contributed by atoms with Crippen LogP contribution in [0.1, 0.15) is 18.6 Å². The van der Waals surface area contributed by atoms with Crippen LogP contribution in [-0.4, -0.2) is 23.2 Å². The Balaban J connectivity index is 3.36. The molecule has 1 heterocycles. The minimum absolute atomic E-state index is 0.102. The molecule has 0 saturated heterocycles. The van der Waals surface area contributed by atoms with Crippen LogP contribution in [0.5, 0.6) is 0 Å². The van der Waals surface area contributed by atoms with Crippen LogP contribution in [0.15, 0.2) is 4.52 Å². The molecule has 0 unspecified atom stereocenters. The molecule has 17 heavy (non-hydrogen) atoms. The second-order valence-corrected chi connectivity index (χ2v) is 3.53. The third kappa shape index (κ3) is 1.95. The number of esters is 1. The molecule has 0 aliphatic rings. The molecule has 1 atom stereocenters. The topological polar surface area (TPSA) is 113 Å². The molecule has 0 aliphatic heterocycles. The van der Waals surface area contributed by atoms with Gasteiger partial charge in [-0.2, -0.15) is 15.5 Å². The average Bonchev–Trinajstić information content (AvgIpc) is 2.76. The van der Waals surface area contributed by atoms with Gasteiger partial charge in [0.1, 0.15) is 0 Å². The number of carbonyl (C=O) groups excluding carboxylic acids is 1. The molecule has 7 nitrogen and oxygen atoms in total. The van der Waals surface area contributed by atoms with Crippen molar-refractivity contribution >= 4 is 5.97 Å². The molecule has 0 N–H and O–H groups in total. The number of aryl methyl sites for hydroxylation is 1. The minimum Gasteiger partial charge on any atom is -0.468 e. The maximum absolute atomic E-state index is 11.8. The highest BCUT2D eigenvalue weighted by molar-refractivity contribution is 5.82. The van der Waals surface area contributed by atoms with E-state index < -0.39 is 17.3 Å². The molecule has 0 radical (unpaired) electrons. The van der Waals surface area contributed by atoms with E-state index in [1.165, 1.54) is 6.92 Å². The van der Waals surface area contributed by atoms with Gasteiger partial charge in [-0.3, -0.25) is 4.79 Å². The van der Waals surface area contributed by atoms with Crippen LogP contribution in [0.25, 0.3) is 0 Å². The van der Waals surface area contributed by atoms with Crippen LogP contribution in [-0.2, 0) is 14.9 Å². The van der Waals surface area contributed by atoms with Crippen molar-refractivity contribution in [3.8, 4) is 12.1 Å². The highest BCUT2D eigenvalue weighted by Gasteiger charge is 2.50. The first-order chi connectivity index (χ1) is 8.00. The third-order valence-corrected chi connectivity index (χ3v) is 2.42. The zero-order valence-corrected chi connectivity index (χ0v) is 9.59. The number of methoxy groups -OCH3 is 1. The molecular weight excluding hydrogens is 224 g/mol. The summed E-state index contributed by atoms with van der Waals surface area (Å²) < 4.78 is 9.47. The van der Waals surface area contributed by atoms with Crippen molar-refractivity contribution in [2.75, 3.05) is 7.11 Å². The molecule has 1 aromatic rings. The molecule has 0 bridgehead atoms. The van der Waals surface area contributed by atoms with Crippen molar-refractivity contribution in [2.24, 2.45) is 5.92 Å². The first-order valence-electron chi connectivity index (χ1n) is 4.69. The molecule has 0 amide bonds. The molecule has 88 valence electrons. The Labute approximate surface area is 97.6 Å². The van der Waals surface area contributed by atoms with Gasteiger partial charge in [0.2, 0.25) is 5.89 Å². The van der Waals surface area contributed by atoms with Gasteiger partial charge in [-0.25, -0.2) is 0 Å². The fourth-order valence-electron chi connectivity index (χ4n) is 1.34. The summed E-state index contributed by atoms with van der Waals surface area (Å²) in [6.07, 6.45) is 0. The van der Waals surface area contributed by atoms with Crippen LogP contribution < -0.4 is 0 Å². The molecular formula is C10H10N4O3. The number of hydrogen-bond donors (Lipinski definition) is 0. The Bertz CT molecular complexity index is 496. The van der Waals surface area contributed by atoms with Gasteiger partial charge in [0, 0.05) is 0 Å². The lowest BCUT2D eigenvalue weighted by atomic mass is 9.78. The molecule has 1 rings (SSSR count). The minimum atomic E-state index is -1.58. The maximum atomic E-state index is 11.8. The first-order valence-corrected chi connectivity index (χ1v) is 4.69. The fourth-order valence-corrected chi connectivity index (χ4v) is 1.34.